The van der Waals surface area contributed by atoms with Gasteiger partial charge in [-0.2, -0.15) is 18.3 Å². The van der Waals surface area contributed by atoms with Crippen LogP contribution in [0.2, 0.25) is 0 Å². The third-order valence-electron chi connectivity index (χ3n) is 3.42. The maximum atomic E-state index is 13.1. The Morgan fingerprint density at radius 2 is 1.86 bits per heavy atom. The smallest absolute Gasteiger partial charge is 0.382 e. The monoisotopic (exact) mass is 308 g/mol. The molecule has 0 saturated heterocycles. The van der Waals surface area contributed by atoms with Crippen LogP contribution in [0.3, 0.4) is 0 Å². The molecule has 3 N–H and O–H groups in total. The Bertz CT molecular complexity index is 812. The minimum absolute atomic E-state index is 0.126. The minimum atomic E-state index is -4.42. The van der Waals surface area contributed by atoms with Crippen LogP contribution in [0.1, 0.15) is 18.5 Å². The van der Waals surface area contributed by atoms with E-state index in [1.54, 1.807) is 0 Å². The van der Waals surface area contributed by atoms with Crippen molar-refractivity contribution >= 4 is 16.7 Å². The second-order valence-corrected chi connectivity index (χ2v) is 4.81. The van der Waals surface area contributed by atoms with Crippen molar-refractivity contribution in [3.05, 3.63) is 30.6 Å². The summed E-state index contributed by atoms with van der Waals surface area (Å²) in [5.74, 6) is -1.58. The van der Waals surface area contributed by atoms with E-state index >= 15 is 0 Å². The number of aromatic amines is 1. The third-order valence-corrected chi connectivity index (χ3v) is 3.42. The van der Waals surface area contributed by atoms with Crippen LogP contribution in [0.15, 0.2) is 24.9 Å². The Morgan fingerprint density at radius 1 is 1.18 bits per heavy atom. The summed E-state index contributed by atoms with van der Waals surface area (Å²) in [6, 6.07) is 0. The number of hydrogen-bond acceptors (Lipinski definition) is 5. The van der Waals surface area contributed by atoms with E-state index in [9.17, 15) is 13.2 Å². The van der Waals surface area contributed by atoms with Crippen molar-refractivity contribution in [1.29, 1.82) is 0 Å². The molecule has 1 unspecified atom stereocenters. The quantitative estimate of drug-likeness (QED) is 0.759. The lowest BCUT2D eigenvalue weighted by Gasteiger charge is -2.18. The van der Waals surface area contributed by atoms with Crippen LogP contribution in [0.4, 0.5) is 19.0 Å². The summed E-state index contributed by atoms with van der Waals surface area (Å²) in [4.78, 5) is 11.7. The Labute approximate surface area is 122 Å². The number of hydrogen-bond donors (Lipinski definition) is 2. The van der Waals surface area contributed by atoms with Crippen molar-refractivity contribution in [1.82, 2.24) is 25.1 Å². The second kappa shape index (κ2) is 4.93. The van der Waals surface area contributed by atoms with Crippen LogP contribution in [0.5, 0.6) is 0 Å². The second-order valence-electron chi connectivity index (χ2n) is 4.81. The number of aromatic nitrogens is 5. The highest BCUT2D eigenvalue weighted by molar-refractivity contribution is 5.99. The highest BCUT2D eigenvalue weighted by atomic mass is 19.4. The average molecular weight is 308 g/mol. The van der Waals surface area contributed by atoms with Gasteiger partial charge >= 0.3 is 6.18 Å². The molecule has 9 heteroatoms. The lowest BCUT2D eigenvalue weighted by molar-refractivity contribution is -0.146. The molecule has 0 aliphatic rings. The number of halogens is 3. The van der Waals surface area contributed by atoms with Crippen molar-refractivity contribution in [2.45, 2.75) is 19.0 Å². The molecule has 0 radical (unpaired) electrons. The SMILES string of the molecule is CC(c1ncc2c(N)n[nH]c2c1-c1cncnc1)C(F)(F)F. The Kier molecular flexibility index (Phi) is 3.19. The normalized spacial score (nSPS) is 13.5. The number of alkyl halides is 3. The molecule has 3 aromatic rings. The first kappa shape index (κ1) is 14.2. The number of rotatable bonds is 2. The first-order valence-corrected chi connectivity index (χ1v) is 6.34. The zero-order chi connectivity index (χ0) is 15.9. The summed E-state index contributed by atoms with van der Waals surface area (Å²) in [5.41, 5.74) is 6.62. The molecule has 1 atom stereocenters. The van der Waals surface area contributed by atoms with Gasteiger partial charge in [0.25, 0.3) is 0 Å². The van der Waals surface area contributed by atoms with E-state index in [-0.39, 0.29) is 17.1 Å². The van der Waals surface area contributed by atoms with Gasteiger partial charge in [-0.3, -0.25) is 10.1 Å². The summed E-state index contributed by atoms with van der Waals surface area (Å²) in [6.07, 6.45) is 1.01. The number of pyridine rings is 1. The van der Waals surface area contributed by atoms with E-state index in [1.807, 2.05) is 0 Å². The molecule has 0 aromatic carbocycles. The molecule has 6 nitrogen and oxygen atoms in total. The standard InChI is InChI=1S/C13H11F3N6/c1-6(13(14,15)16)10-9(7-2-18-5-19-3-7)11-8(4-20-10)12(17)22-21-11/h2-6H,1H3,(H3,17,21,22). The largest absolute Gasteiger partial charge is 0.397 e. The maximum absolute atomic E-state index is 13.1. The molecule has 0 bridgehead atoms. The van der Waals surface area contributed by atoms with Crippen LogP contribution in [-0.4, -0.2) is 31.3 Å². The van der Waals surface area contributed by atoms with Gasteiger partial charge in [0.05, 0.1) is 22.5 Å². The molecule has 0 aliphatic heterocycles. The van der Waals surface area contributed by atoms with Crippen molar-refractivity contribution in [3.8, 4) is 11.1 Å². The fourth-order valence-electron chi connectivity index (χ4n) is 2.22. The number of nitrogens with one attached hydrogen (secondary N) is 1. The zero-order valence-corrected chi connectivity index (χ0v) is 11.4. The van der Waals surface area contributed by atoms with Crippen LogP contribution in [0.25, 0.3) is 22.0 Å². The molecule has 3 rings (SSSR count). The van der Waals surface area contributed by atoms with Crippen molar-refractivity contribution in [3.63, 3.8) is 0 Å². The maximum Gasteiger partial charge on any atom is 0.397 e. The van der Waals surface area contributed by atoms with E-state index < -0.39 is 12.1 Å². The van der Waals surface area contributed by atoms with Gasteiger partial charge in [0.15, 0.2) is 5.82 Å². The highest BCUT2D eigenvalue weighted by Gasteiger charge is 2.40. The van der Waals surface area contributed by atoms with Crippen molar-refractivity contribution in [2.75, 3.05) is 5.73 Å². The Hall–Kier alpha value is -2.71. The molecule has 22 heavy (non-hydrogen) atoms. The van der Waals surface area contributed by atoms with Gasteiger partial charge in [-0.25, -0.2) is 9.97 Å². The Morgan fingerprint density at radius 3 is 2.50 bits per heavy atom. The van der Waals surface area contributed by atoms with Crippen LogP contribution in [-0.2, 0) is 0 Å². The summed E-state index contributed by atoms with van der Waals surface area (Å²) in [7, 11) is 0. The molecule has 114 valence electrons. The number of H-pyrrole nitrogens is 1. The zero-order valence-electron chi connectivity index (χ0n) is 11.4. The van der Waals surface area contributed by atoms with Gasteiger partial charge in [0.1, 0.15) is 6.33 Å². The predicted octanol–water partition coefficient (Wildman–Crippen LogP) is 2.66. The molecule has 0 saturated carbocycles. The fraction of sp³-hybridized carbons (Fsp3) is 0.231. The van der Waals surface area contributed by atoms with Gasteiger partial charge in [0.2, 0.25) is 0 Å². The topological polar surface area (TPSA) is 93.4 Å². The molecule has 3 aromatic heterocycles. The van der Waals surface area contributed by atoms with Gasteiger partial charge < -0.3 is 5.73 Å². The molecule has 3 heterocycles. The third kappa shape index (κ3) is 2.24. The van der Waals surface area contributed by atoms with Gasteiger partial charge in [-0.05, 0) is 6.92 Å². The highest BCUT2D eigenvalue weighted by Crippen LogP contribution is 2.40. The molecule has 0 fully saturated rings. The van der Waals surface area contributed by atoms with Gasteiger partial charge in [0, 0.05) is 29.7 Å². The number of fused-ring (bicyclic) bond motifs is 1. The lowest BCUT2D eigenvalue weighted by atomic mass is 9.96. The van der Waals surface area contributed by atoms with Gasteiger partial charge in [-0.1, -0.05) is 0 Å². The van der Waals surface area contributed by atoms with E-state index in [4.69, 9.17) is 5.73 Å². The first-order chi connectivity index (χ1) is 10.4. The number of anilines is 1. The molecular weight excluding hydrogens is 297 g/mol. The average Bonchev–Trinajstić information content (AvgIpc) is 2.87. The molecule has 0 aliphatic carbocycles. The summed E-state index contributed by atoms with van der Waals surface area (Å²) in [5, 5.41) is 6.95. The predicted molar refractivity (Wildman–Crippen MR) is 73.8 cm³/mol. The first-order valence-electron chi connectivity index (χ1n) is 6.34. The minimum Gasteiger partial charge on any atom is -0.382 e. The van der Waals surface area contributed by atoms with Crippen molar-refractivity contribution in [2.24, 2.45) is 0 Å². The lowest BCUT2D eigenvalue weighted by Crippen LogP contribution is -2.19. The van der Waals surface area contributed by atoms with E-state index in [2.05, 4.69) is 25.1 Å². The number of nitrogens with zero attached hydrogens (tertiary/aromatic N) is 4. The summed E-state index contributed by atoms with van der Waals surface area (Å²) in [6.45, 7) is 1.06. The van der Waals surface area contributed by atoms with Gasteiger partial charge in [-0.15, -0.1) is 0 Å². The summed E-state index contributed by atoms with van der Waals surface area (Å²) < 4.78 is 39.3. The number of nitrogen functional groups attached to an aromatic ring is 1. The van der Waals surface area contributed by atoms with Crippen molar-refractivity contribution < 1.29 is 13.2 Å². The summed E-state index contributed by atoms with van der Waals surface area (Å²) >= 11 is 0. The van der Waals surface area contributed by atoms with Crippen LogP contribution >= 0.6 is 0 Å². The van der Waals surface area contributed by atoms with Crippen LogP contribution in [0, 0.1) is 0 Å². The van der Waals surface area contributed by atoms with Crippen LogP contribution < -0.4 is 5.73 Å². The van der Waals surface area contributed by atoms with E-state index in [0.29, 0.717) is 16.5 Å². The van der Waals surface area contributed by atoms with E-state index in [1.165, 1.54) is 24.9 Å². The Balaban J connectivity index is 2.33. The molecule has 0 amide bonds. The fourth-order valence-corrected chi connectivity index (χ4v) is 2.22. The number of nitrogens with two attached hydrogens (primary N) is 1. The molecular formula is C13H11F3N6. The van der Waals surface area contributed by atoms with E-state index in [0.717, 1.165) is 6.92 Å². The molecule has 0 spiro atoms.